The average molecular weight is 277 g/mol. The summed E-state index contributed by atoms with van der Waals surface area (Å²) < 4.78 is 37.0. The molecule has 0 aliphatic heterocycles. The van der Waals surface area contributed by atoms with Gasteiger partial charge in [-0.3, -0.25) is 9.35 Å². The van der Waals surface area contributed by atoms with Crippen molar-refractivity contribution < 1.29 is 22.5 Å². The highest BCUT2D eigenvalue weighted by Crippen LogP contribution is 2.31. The van der Waals surface area contributed by atoms with Crippen molar-refractivity contribution in [2.45, 2.75) is 4.90 Å². The van der Waals surface area contributed by atoms with Crippen molar-refractivity contribution in [2.24, 2.45) is 0 Å². The molecule has 0 saturated heterocycles. The van der Waals surface area contributed by atoms with E-state index in [0.29, 0.717) is 5.75 Å². The van der Waals surface area contributed by atoms with E-state index < -0.39 is 15.0 Å². The van der Waals surface area contributed by atoms with Gasteiger partial charge >= 0.3 is 0 Å². The third-order valence-corrected chi connectivity index (χ3v) is 3.21. The van der Waals surface area contributed by atoms with Crippen LogP contribution in [0.2, 0.25) is 0 Å². The van der Waals surface area contributed by atoms with Crippen molar-refractivity contribution in [3.05, 3.63) is 54.1 Å². The second-order valence-electron chi connectivity index (χ2n) is 3.63. The van der Waals surface area contributed by atoms with E-state index in [9.17, 15) is 13.2 Å². The van der Waals surface area contributed by atoms with Gasteiger partial charge in [0.25, 0.3) is 10.1 Å². The van der Waals surface area contributed by atoms with Crippen molar-refractivity contribution in [1.29, 1.82) is 0 Å². The Morgan fingerprint density at radius 2 is 1.68 bits per heavy atom. The third-order valence-electron chi connectivity index (χ3n) is 2.33. The number of hydrogen-bond acceptors (Lipinski definition) is 4. The van der Waals surface area contributed by atoms with Gasteiger partial charge < -0.3 is 4.74 Å². The summed E-state index contributed by atoms with van der Waals surface area (Å²) in [4.78, 5) is 10.3. The molecule has 5 nitrogen and oxygen atoms in total. The van der Waals surface area contributed by atoms with E-state index in [-0.39, 0.29) is 11.3 Å². The highest BCUT2D eigenvalue weighted by molar-refractivity contribution is 7.86. The van der Waals surface area contributed by atoms with E-state index in [4.69, 9.17) is 9.29 Å². The fourth-order valence-corrected chi connectivity index (χ4v) is 2.15. The van der Waals surface area contributed by atoms with E-state index in [1.807, 2.05) is 0 Å². The maximum atomic E-state index is 11.3. The van der Waals surface area contributed by atoms with E-state index in [1.165, 1.54) is 12.1 Å². The molecule has 0 amide bonds. The summed E-state index contributed by atoms with van der Waals surface area (Å²) in [5.41, 5.74) is -0.0843. The van der Waals surface area contributed by atoms with Crippen LogP contribution in [0.5, 0.6) is 11.5 Å². The Balaban J connectivity index is 2.57. The highest BCUT2D eigenvalue weighted by atomic mass is 32.2. The minimum atomic E-state index is -4.49. The molecule has 0 aromatic heterocycles. The normalized spacial score (nSPS) is 11.0. The second kappa shape index (κ2) is 5.21. The van der Waals surface area contributed by atoms with E-state index in [0.717, 1.165) is 6.07 Å². The molecule has 0 bridgehead atoms. The highest BCUT2D eigenvalue weighted by Gasteiger charge is 2.20. The van der Waals surface area contributed by atoms with Crippen molar-refractivity contribution in [2.75, 3.05) is 0 Å². The Morgan fingerprint density at radius 3 is 2.26 bits per heavy atom. The lowest BCUT2D eigenvalue weighted by Crippen LogP contribution is -2.03. The summed E-state index contributed by atoms with van der Waals surface area (Å²) >= 11 is 0. The van der Waals surface area contributed by atoms with Crippen LogP contribution >= 0.6 is 0 Å². The van der Waals surface area contributed by atoms with Crippen molar-refractivity contribution in [3.8, 4) is 11.5 Å². The summed E-state index contributed by atoms with van der Waals surface area (Å²) in [6.07, 6.45) is 1.58. The molecule has 97 valence electrons. The standard InChI is InChI=1S/C13H9O5S/c14-9-10-5-4-8-12(19(15,16)17)13(10)18-11-6-2-1-3-7-11/h1-8H,(H,15,16,17). The fraction of sp³-hybridized carbons (Fsp3) is 0. The molecular formula is C13H9O5S. The number of para-hydroxylation sites is 2. The molecular weight excluding hydrogens is 268 g/mol. The van der Waals surface area contributed by atoms with Crippen LogP contribution in [0, 0.1) is 0 Å². The number of ether oxygens (including phenoxy) is 1. The lowest BCUT2D eigenvalue weighted by Gasteiger charge is -2.10. The Morgan fingerprint density at radius 1 is 1.00 bits per heavy atom. The van der Waals surface area contributed by atoms with Gasteiger partial charge in [-0.15, -0.1) is 0 Å². The third kappa shape index (κ3) is 2.98. The van der Waals surface area contributed by atoms with Gasteiger partial charge in [-0.2, -0.15) is 8.42 Å². The summed E-state index contributed by atoms with van der Waals surface area (Å²) in [5, 5.41) is 0. The minimum absolute atomic E-state index is 0.0843. The Hall–Kier alpha value is -2.18. The first-order valence-electron chi connectivity index (χ1n) is 5.24. The second-order valence-corrected chi connectivity index (χ2v) is 5.02. The lowest BCUT2D eigenvalue weighted by molar-refractivity contribution is 0.448. The molecule has 0 fully saturated rings. The number of rotatable bonds is 4. The zero-order chi connectivity index (χ0) is 13.9. The van der Waals surface area contributed by atoms with Crippen molar-refractivity contribution in [3.63, 3.8) is 0 Å². The van der Waals surface area contributed by atoms with Gasteiger partial charge in [-0.1, -0.05) is 24.3 Å². The number of benzene rings is 2. The quantitative estimate of drug-likeness (QED) is 0.866. The molecule has 0 spiro atoms. The monoisotopic (exact) mass is 277 g/mol. The van der Waals surface area contributed by atoms with Crippen molar-refractivity contribution in [1.82, 2.24) is 0 Å². The van der Waals surface area contributed by atoms with Crippen LogP contribution in [0.3, 0.4) is 0 Å². The molecule has 0 atom stereocenters. The average Bonchev–Trinajstić information content (AvgIpc) is 2.39. The van der Waals surface area contributed by atoms with Gasteiger partial charge in [0.15, 0.2) is 5.75 Å². The molecule has 2 rings (SSSR count). The number of hydrogen-bond donors (Lipinski definition) is 1. The van der Waals surface area contributed by atoms with Gasteiger partial charge in [-0.05, 0) is 24.3 Å². The summed E-state index contributed by atoms with van der Waals surface area (Å²) in [6, 6.07) is 12.1. The predicted molar refractivity (Wildman–Crippen MR) is 67.6 cm³/mol. The molecule has 0 saturated carbocycles. The van der Waals surface area contributed by atoms with Gasteiger partial charge in [0.2, 0.25) is 6.29 Å². The Labute approximate surface area is 110 Å². The Kier molecular flexibility index (Phi) is 3.64. The maximum absolute atomic E-state index is 11.3. The molecule has 6 heteroatoms. The van der Waals surface area contributed by atoms with Crippen LogP contribution in [0.15, 0.2) is 53.4 Å². The molecule has 0 aliphatic carbocycles. The van der Waals surface area contributed by atoms with Crippen LogP contribution in [0.4, 0.5) is 0 Å². The van der Waals surface area contributed by atoms with E-state index in [2.05, 4.69) is 0 Å². The molecule has 1 N–H and O–H groups in total. The zero-order valence-electron chi connectivity index (χ0n) is 9.61. The first-order valence-corrected chi connectivity index (χ1v) is 6.68. The first kappa shape index (κ1) is 13.3. The molecule has 19 heavy (non-hydrogen) atoms. The zero-order valence-corrected chi connectivity index (χ0v) is 10.4. The summed E-state index contributed by atoms with van der Waals surface area (Å²) in [6.45, 7) is 0. The SMILES string of the molecule is O=[C]c1cccc(S(=O)(=O)O)c1Oc1ccccc1. The van der Waals surface area contributed by atoms with Gasteiger partial charge in [0.1, 0.15) is 10.6 Å². The molecule has 2 aromatic rings. The smallest absolute Gasteiger partial charge is 0.298 e. The van der Waals surface area contributed by atoms with Crippen molar-refractivity contribution >= 4 is 16.4 Å². The van der Waals surface area contributed by atoms with E-state index >= 15 is 0 Å². The Bertz CT molecular complexity index is 692. The van der Waals surface area contributed by atoms with Gasteiger partial charge in [-0.25, -0.2) is 0 Å². The molecule has 1 radical (unpaired) electrons. The molecule has 2 aromatic carbocycles. The van der Waals surface area contributed by atoms with E-state index in [1.54, 1.807) is 36.6 Å². The lowest BCUT2D eigenvalue weighted by atomic mass is 10.2. The predicted octanol–water partition coefficient (Wildman–Crippen LogP) is 2.18. The van der Waals surface area contributed by atoms with Crippen LogP contribution in [0.1, 0.15) is 5.56 Å². The topological polar surface area (TPSA) is 80.7 Å². The molecule has 0 heterocycles. The van der Waals surface area contributed by atoms with Gasteiger partial charge in [0.05, 0.1) is 5.56 Å². The maximum Gasteiger partial charge on any atom is 0.298 e. The number of carbonyl (C=O) groups excluding carboxylic acids is 1. The van der Waals surface area contributed by atoms with Crippen LogP contribution in [-0.2, 0) is 14.9 Å². The molecule has 0 unspecified atom stereocenters. The summed E-state index contributed by atoms with van der Waals surface area (Å²) in [7, 11) is -4.49. The largest absolute Gasteiger partial charge is 0.455 e. The summed E-state index contributed by atoms with van der Waals surface area (Å²) in [5.74, 6) is 0.0984. The fourth-order valence-electron chi connectivity index (χ4n) is 1.51. The van der Waals surface area contributed by atoms with Gasteiger partial charge in [0, 0.05) is 0 Å². The van der Waals surface area contributed by atoms with Crippen LogP contribution < -0.4 is 4.74 Å². The minimum Gasteiger partial charge on any atom is -0.455 e. The van der Waals surface area contributed by atoms with Crippen LogP contribution in [-0.4, -0.2) is 19.3 Å². The molecule has 0 aliphatic rings. The first-order chi connectivity index (χ1) is 9.02. The van der Waals surface area contributed by atoms with Crippen LogP contribution in [0.25, 0.3) is 0 Å².